The molecular formula is C21H13Cl2N. The molecule has 0 saturated heterocycles. The molecular weight excluding hydrogens is 337 g/mol. The Morgan fingerprint density at radius 1 is 0.667 bits per heavy atom. The lowest BCUT2D eigenvalue weighted by molar-refractivity contribution is 1.57. The molecule has 0 heterocycles. The molecule has 0 aromatic heterocycles. The van der Waals surface area contributed by atoms with Crippen LogP contribution in [0.1, 0.15) is 5.56 Å². The summed E-state index contributed by atoms with van der Waals surface area (Å²) < 4.78 is 0. The predicted molar refractivity (Wildman–Crippen MR) is 104 cm³/mol. The highest BCUT2D eigenvalue weighted by Gasteiger charge is 2.11. The van der Waals surface area contributed by atoms with Gasteiger partial charge in [0.05, 0.1) is 5.69 Å². The minimum absolute atomic E-state index is 0.735. The van der Waals surface area contributed by atoms with Crippen molar-refractivity contribution < 1.29 is 0 Å². The number of fused-ring (bicyclic) bond motifs is 2. The van der Waals surface area contributed by atoms with E-state index in [1.165, 1.54) is 0 Å². The molecule has 0 spiro atoms. The van der Waals surface area contributed by atoms with Crippen molar-refractivity contribution in [1.29, 1.82) is 0 Å². The largest absolute Gasteiger partial charge is 0.256 e. The highest BCUT2D eigenvalue weighted by atomic mass is 35.5. The lowest BCUT2D eigenvalue weighted by Gasteiger charge is -2.03. The molecule has 0 unspecified atom stereocenters. The van der Waals surface area contributed by atoms with Crippen LogP contribution < -0.4 is 0 Å². The second-order valence-corrected chi connectivity index (χ2v) is 6.37. The van der Waals surface area contributed by atoms with Crippen molar-refractivity contribution in [2.24, 2.45) is 4.99 Å². The van der Waals surface area contributed by atoms with Gasteiger partial charge in [0.1, 0.15) is 0 Å². The Morgan fingerprint density at radius 3 is 2.21 bits per heavy atom. The fourth-order valence-corrected chi connectivity index (χ4v) is 3.41. The van der Waals surface area contributed by atoms with Crippen molar-refractivity contribution >= 4 is 45.9 Å². The van der Waals surface area contributed by atoms with Crippen molar-refractivity contribution in [3.63, 3.8) is 0 Å². The molecule has 0 saturated carbocycles. The van der Waals surface area contributed by atoms with Crippen LogP contribution in [0.15, 0.2) is 77.8 Å². The molecule has 116 valence electrons. The zero-order valence-corrected chi connectivity index (χ0v) is 14.2. The second-order valence-electron chi connectivity index (χ2n) is 5.56. The van der Waals surface area contributed by atoms with E-state index in [2.05, 4.69) is 11.1 Å². The first-order valence-electron chi connectivity index (χ1n) is 7.62. The smallest absolute Gasteiger partial charge is 0.0709 e. The lowest BCUT2D eigenvalue weighted by Crippen LogP contribution is -1.80. The Kier molecular flexibility index (Phi) is 3.97. The number of benzene rings is 2. The van der Waals surface area contributed by atoms with Crippen LogP contribution in [0.3, 0.4) is 0 Å². The summed E-state index contributed by atoms with van der Waals surface area (Å²) in [6.45, 7) is 0. The molecule has 2 aliphatic carbocycles. The van der Waals surface area contributed by atoms with Gasteiger partial charge in [-0.1, -0.05) is 77.8 Å². The van der Waals surface area contributed by atoms with Gasteiger partial charge in [-0.2, -0.15) is 0 Å². The summed E-state index contributed by atoms with van der Waals surface area (Å²) in [7, 11) is 0. The molecule has 2 aromatic carbocycles. The Hall–Kier alpha value is -2.35. The molecule has 0 amide bonds. The minimum Gasteiger partial charge on any atom is -0.256 e. The lowest BCUT2D eigenvalue weighted by atomic mass is 10.1. The summed E-state index contributed by atoms with van der Waals surface area (Å²) in [4.78, 5) is 4.69. The maximum atomic E-state index is 6.35. The molecule has 0 atom stereocenters. The van der Waals surface area contributed by atoms with Crippen molar-refractivity contribution in [3.05, 3.63) is 88.4 Å². The Labute approximate surface area is 150 Å². The number of halogens is 2. The van der Waals surface area contributed by atoms with Gasteiger partial charge in [-0.3, -0.25) is 4.99 Å². The van der Waals surface area contributed by atoms with Crippen LogP contribution in [0.2, 0.25) is 10.0 Å². The van der Waals surface area contributed by atoms with Crippen LogP contribution in [0.5, 0.6) is 0 Å². The number of rotatable bonds is 2. The number of hydrogen-bond donors (Lipinski definition) is 0. The minimum atomic E-state index is 0.735. The highest BCUT2D eigenvalue weighted by molar-refractivity contribution is 6.36. The van der Waals surface area contributed by atoms with E-state index in [4.69, 9.17) is 23.2 Å². The Balaban J connectivity index is 1.82. The van der Waals surface area contributed by atoms with E-state index in [9.17, 15) is 0 Å². The van der Waals surface area contributed by atoms with Gasteiger partial charge in [0, 0.05) is 38.2 Å². The molecule has 0 aliphatic heterocycles. The summed E-state index contributed by atoms with van der Waals surface area (Å²) in [5.41, 5.74) is 4.02. The van der Waals surface area contributed by atoms with Gasteiger partial charge < -0.3 is 0 Å². The normalized spacial score (nSPS) is 11.6. The predicted octanol–water partition coefficient (Wildman–Crippen LogP) is 7.00. The zero-order valence-electron chi connectivity index (χ0n) is 12.7. The first-order chi connectivity index (χ1) is 11.7. The van der Waals surface area contributed by atoms with E-state index in [-0.39, 0.29) is 0 Å². The Morgan fingerprint density at radius 2 is 1.38 bits per heavy atom. The summed E-state index contributed by atoms with van der Waals surface area (Å²) in [6, 6.07) is 23.8. The van der Waals surface area contributed by atoms with E-state index < -0.39 is 0 Å². The van der Waals surface area contributed by atoms with Crippen LogP contribution in [-0.2, 0) is 0 Å². The molecule has 0 bridgehead atoms. The van der Waals surface area contributed by atoms with E-state index >= 15 is 0 Å². The molecule has 4 rings (SSSR count). The van der Waals surface area contributed by atoms with Crippen LogP contribution in [-0.4, -0.2) is 6.21 Å². The van der Waals surface area contributed by atoms with Gasteiger partial charge in [-0.15, -0.1) is 0 Å². The van der Waals surface area contributed by atoms with Crippen molar-refractivity contribution in [2.45, 2.75) is 0 Å². The van der Waals surface area contributed by atoms with Gasteiger partial charge >= 0.3 is 0 Å². The first-order valence-corrected chi connectivity index (χ1v) is 8.38. The molecule has 0 N–H and O–H groups in total. The van der Waals surface area contributed by atoms with Crippen LogP contribution in [0, 0.1) is 0 Å². The monoisotopic (exact) mass is 349 g/mol. The quantitative estimate of drug-likeness (QED) is 0.345. The van der Waals surface area contributed by atoms with E-state index in [1.807, 2.05) is 72.9 Å². The first kappa shape index (κ1) is 15.2. The zero-order chi connectivity index (χ0) is 16.5. The van der Waals surface area contributed by atoms with Crippen LogP contribution in [0.25, 0.3) is 21.9 Å². The van der Waals surface area contributed by atoms with E-state index in [0.29, 0.717) is 0 Å². The van der Waals surface area contributed by atoms with Gasteiger partial charge in [0.15, 0.2) is 0 Å². The average Bonchev–Trinajstić information content (AvgIpc) is 2.78. The van der Waals surface area contributed by atoms with Gasteiger partial charge in [-0.05, 0) is 23.8 Å². The van der Waals surface area contributed by atoms with Crippen molar-refractivity contribution in [1.82, 2.24) is 0 Å². The van der Waals surface area contributed by atoms with Crippen LogP contribution >= 0.6 is 23.2 Å². The van der Waals surface area contributed by atoms with E-state index in [1.54, 1.807) is 0 Å². The molecule has 1 nitrogen and oxygen atoms in total. The summed E-state index contributed by atoms with van der Waals surface area (Å²) in [5.74, 6) is 0. The third kappa shape index (κ3) is 2.66. The SMILES string of the molecule is Clc1cc(C=Nc2ccc(Cl)c3ccccc23)c2cccccc1-2. The molecule has 3 heteroatoms. The summed E-state index contributed by atoms with van der Waals surface area (Å²) >= 11 is 12.6. The maximum absolute atomic E-state index is 6.35. The summed E-state index contributed by atoms with van der Waals surface area (Å²) in [5, 5.41) is 3.52. The highest BCUT2D eigenvalue weighted by Crippen LogP contribution is 2.35. The molecule has 0 radical (unpaired) electrons. The number of nitrogens with zero attached hydrogens (tertiary/aromatic N) is 1. The summed E-state index contributed by atoms with van der Waals surface area (Å²) in [6.07, 6.45) is 1.86. The maximum Gasteiger partial charge on any atom is 0.0709 e. The van der Waals surface area contributed by atoms with E-state index in [0.717, 1.165) is 43.2 Å². The van der Waals surface area contributed by atoms with Crippen LogP contribution in [0.4, 0.5) is 5.69 Å². The van der Waals surface area contributed by atoms with Gasteiger partial charge in [-0.25, -0.2) is 0 Å². The Bertz CT molecular complexity index is 1040. The standard InChI is InChI=1S/C21H13Cl2N/c22-19-10-11-21(18-9-5-4-8-17(18)19)24-13-14-12-20(23)16-7-3-1-2-6-15(14)16/h1-13H. The third-order valence-corrected chi connectivity index (χ3v) is 4.72. The molecule has 24 heavy (non-hydrogen) atoms. The van der Waals surface area contributed by atoms with Crippen molar-refractivity contribution in [3.8, 4) is 11.1 Å². The topological polar surface area (TPSA) is 12.4 Å². The average molecular weight is 350 g/mol. The molecule has 2 aromatic rings. The molecule has 2 aliphatic rings. The number of hydrogen-bond acceptors (Lipinski definition) is 1. The fourth-order valence-electron chi connectivity index (χ4n) is 2.90. The second kappa shape index (κ2) is 6.27. The van der Waals surface area contributed by atoms with Gasteiger partial charge in [0.2, 0.25) is 0 Å². The molecule has 0 fully saturated rings. The van der Waals surface area contributed by atoms with Crippen molar-refractivity contribution in [2.75, 3.05) is 0 Å². The fraction of sp³-hybridized carbons (Fsp3) is 0. The third-order valence-electron chi connectivity index (χ3n) is 4.08. The van der Waals surface area contributed by atoms with Gasteiger partial charge in [0.25, 0.3) is 0 Å². The number of aliphatic imine (C=N–C) groups is 1.